The number of fused-ring (bicyclic) bond motifs is 2. The predicted octanol–water partition coefficient (Wildman–Crippen LogP) is 3.67. The molecule has 0 spiro atoms. The first-order chi connectivity index (χ1) is 16.8. The largest absolute Gasteiger partial charge is 0.387 e. The van der Waals surface area contributed by atoms with Crippen LogP contribution in [0.2, 0.25) is 0 Å². The first kappa shape index (κ1) is 21.7. The van der Waals surface area contributed by atoms with E-state index in [1.807, 2.05) is 55.6 Å². The molecule has 6 rings (SSSR count). The monoisotopic (exact) mass is 465 g/mol. The minimum Gasteiger partial charge on any atom is -0.387 e. The summed E-state index contributed by atoms with van der Waals surface area (Å²) in [5, 5.41) is 11.3. The standard InChI is InChI=1S/C30H25FN2O2/c1-30(2)21-11-7-8-12-23(21)33(3)24(30)16-20-28(34)26(29(20)35)25-19-15-18(31)13-14-22(19)32-27(25)17-9-5-4-6-10-17/h4-16,20,28,34H,1-3H3/p+1. The number of para-hydroxylation sites is 1. The lowest BCUT2D eigenvalue weighted by Crippen LogP contribution is -2.64. The Bertz CT molecular complexity index is 1480. The summed E-state index contributed by atoms with van der Waals surface area (Å²) in [6.45, 7) is 4.27. The van der Waals surface area contributed by atoms with Crippen LogP contribution in [0.15, 0.2) is 90.1 Å². The molecule has 3 aromatic carbocycles. The van der Waals surface area contributed by atoms with Crippen LogP contribution < -0.4 is 9.89 Å². The Labute approximate surface area is 203 Å². The van der Waals surface area contributed by atoms with Crippen LogP contribution in [0.4, 0.5) is 15.8 Å². The maximum atomic E-state index is 14.2. The van der Waals surface area contributed by atoms with Crippen molar-refractivity contribution in [3.05, 3.63) is 113 Å². The van der Waals surface area contributed by atoms with Gasteiger partial charge in [-0.1, -0.05) is 56.3 Å². The first-order valence-corrected chi connectivity index (χ1v) is 11.8. The van der Waals surface area contributed by atoms with Crippen molar-refractivity contribution >= 4 is 28.4 Å². The third-order valence-electron chi connectivity index (χ3n) is 7.57. The van der Waals surface area contributed by atoms with Crippen molar-refractivity contribution in [3.8, 4) is 0 Å². The number of hydrogen-bond donors (Lipinski definition) is 2. The molecule has 3 aliphatic rings. The van der Waals surface area contributed by atoms with Gasteiger partial charge in [-0.25, -0.2) is 9.38 Å². The molecule has 5 heteroatoms. The molecule has 0 bridgehead atoms. The molecule has 0 radical (unpaired) electrons. The zero-order chi connectivity index (χ0) is 24.5. The first-order valence-electron chi connectivity index (χ1n) is 11.8. The Balaban J connectivity index is 1.44. The second-order valence-corrected chi connectivity index (χ2v) is 9.93. The number of rotatable bonds is 2. The maximum Gasteiger partial charge on any atom is 0.219 e. The molecule has 0 amide bonds. The van der Waals surface area contributed by atoms with E-state index in [2.05, 4.69) is 35.9 Å². The zero-order valence-corrected chi connectivity index (χ0v) is 19.8. The molecule has 2 unspecified atom stereocenters. The molecular weight excluding hydrogens is 439 g/mol. The van der Waals surface area contributed by atoms with Crippen molar-refractivity contribution in [1.29, 1.82) is 0 Å². The quantitative estimate of drug-likeness (QED) is 0.568. The highest BCUT2D eigenvalue weighted by molar-refractivity contribution is 6.37. The van der Waals surface area contributed by atoms with Crippen molar-refractivity contribution in [2.24, 2.45) is 5.92 Å². The number of halogens is 1. The number of allylic oxidation sites excluding steroid dienone is 2. The van der Waals surface area contributed by atoms with Crippen LogP contribution in [0.3, 0.4) is 0 Å². The fourth-order valence-electron chi connectivity index (χ4n) is 5.73. The van der Waals surface area contributed by atoms with Gasteiger partial charge in [0.1, 0.15) is 5.82 Å². The van der Waals surface area contributed by atoms with Crippen LogP contribution in [0.1, 0.15) is 30.5 Å². The van der Waals surface area contributed by atoms with Crippen LogP contribution in [-0.2, 0) is 10.2 Å². The van der Waals surface area contributed by atoms with Crippen LogP contribution in [0, 0.1) is 11.7 Å². The minimum atomic E-state index is -0.979. The molecule has 3 aromatic rings. The molecule has 1 aliphatic carbocycles. The normalized spacial score (nSPS) is 25.4. The Morgan fingerprint density at radius 2 is 1.74 bits per heavy atom. The Hall–Kier alpha value is -3.83. The number of ketones is 1. The van der Waals surface area contributed by atoms with Crippen LogP contribution >= 0.6 is 0 Å². The SMILES string of the molecule is CN1C(=CC2C(=O)C(=C3C(c4ccccc4)=[NH+]c4ccc(F)cc43)C2O)C(C)(C)c2ccccc21. The smallest absolute Gasteiger partial charge is 0.219 e. The third kappa shape index (κ3) is 3.08. The highest BCUT2D eigenvalue weighted by atomic mass is 19.1. The lowest BCUT2D eigenvalue weighted by molar-refractivity contribution is -0.348. The van der Waals surface area contributed by atoms with Gasteiger partial charge in [0, 0.05) is 41.1 Å². The van der Waals surface area contributed by atoms with Crippen LogP contribution in [-0.4, -0.2) is 29.8 Å². The number of benzene rings is 3. The number of likely N-dealkylation sites (N-methyl/N-ethyl adjacent to an activating group) is 1. The average molecular weight is 466 g/mol. The van der Waals surface area contributed by atoms with Gasteiger partial charge in [0.05, 0.1) is 23.2 Å². The molecule has 0 aromatic heterocycles. The molecule has 2 aliphatic heterocycles. The highest BCUT2D eigenvalue weighted by Gasteiger charge is 2.50. The van der Waals surface area contributed by atoms with Gasteiger partial charge in [0.25, 0.3) is 0 Å². The number of aliphatic hydroxyl groups is 1. The van der Waals surface area contributed by atoms with Gasteiger partial charge < -0.3 is 10.0 Å². The van der Waals surface area contributed by atoms with E-state index in [1.165, 1.54) is 17.7 Å². The minimum absolute atomic E-state index is 0.132. The number of hydrogen-bond acceptors (Lipinski definition) is 3. The Kier molecular flexibility index (Phi) is 4.70. The van der Waals surface area contributed by atoms with Gasteiger partial charge in [0.15, 0.2) is 5.78 Å². The number of nitrogens with one attached hydrogen (secondary N) is 1. The Morgan fingerprint density at radius 3 is 2.46 bits per heavy atom. The lowest BCUT2D eigenvalue weighted by Gasteiger charge is -2.35. The summed E-state index contributed by atoms with van der Waals surface area (Å²) < 4.78 is 14.2. The maximum absolute atomic E-state index is 14.2. The third-order valence-corrected chi connectivity index (χ3v) is 7.57. The van der Waals surface area contributed by atoms with Gasteiger partial charge in [-0.3, -0.25) is 4.79 Å². The fourth-order valence-corrected chi connectivity index (χ4v) is 5.73. The molecule has 0 saturated heterocycles. The van der Waals surface area contributed by atoms with E-state index in [9.17, 15) is 14.3 Å². The van der Waals surface area contributed by atoms with Crippen molar-refractivity contribution in [2.45, 2.75) is 25.4 Å². The second kappa shape index (κ2) is 7.59. The van der Waals surface area contributed by atoms with Gasteiger partial charge in [-0.15, -0.1) is 0 Å². The summed E-state index contributed by atoms with van der Waals surface area (Å²) in [4.78, 5) is 19.0. The molecule has 35 heavy (non-hydrogen) atoms. The predicted molar refractivity (Wildman–Crippen MR) is 135 cm³/mol. The van der Waals surface area contributed by atoms with E-state index in [0.29, 0.717) is 22.4 Å². The summed E-state index contributed by atoms with van der Waals surface area (Å²) in [7, 11) is 2.00. The van der Waals surface area contributed by atoms with Crippen LogP contribution in [0.25, 0.3) is 5.57 Å². The van der Waals surface area contributed by atoms with Gasteiger partial charge in [-0.2, -0.15) is 0 Å². The summed E-state index contributed by atoms with van der Waals surface area (Å²) in [5.41, 5.74) is 6.82. The number of anilines is 1. The summed E-state index contributed by atoms with van der Waals surface area (Å²) >= 11 is 0. The van der Waals surface area contributed by atoms with E-state index in [0.717, 1.165) is 22.6 Å². The second-order valence-electron chi connectivity index (χ2n) is 9.93. The van der Waals surface area contributed by atoms with E-state index < -0.39 is 12.0 Å². The number of Topliss-reactive ketones (excluding diaryl/α,β-unsaturated/α-hetero) is 1. The van der Waals surface area contributed by atoms with Crippen LogP contribution in [0.5, 0.6) is 0 Å². The lowest BCUT2D eigenvalue weighted by atomic mass is 9.69. The fraction of sp³-hybridized carbons (Fsp3) is 0.200. The number of carbonyl (C=O) groups is 1. The highest BCUT2D eigenvalue weighted by Crippen LogP contribution is 2.49. The van der Waals surface area contributed by atoms with Crippen molar-refractivity contribution in [2.75, 3.05) is 11.9 Å². The van der Waals surface area contributed by atoms with E-state index >= 15 is 0 Å². The summed E-state index contributed by atoms with van der Waals surface area (Å²) in [6.07, 6.45) is 0.932. The van der Waals surface area contributed by atoms with Gasteiger partial charge >= 0.3 is 0 Å². The van der Waals surface area contributed by atoms with E-state index in [4.69, 9.17) is 0 Å². The molecule has 2 heterocycles. The molecule has 1 fully saturated rings. The number of aliphatic hydroxyl groups excluding tert-OH is 1. The molecule has 1 saturated carbocycles. The average Bonchev–Trinajstić information content (AvgIpc) is 3.31. The Morgan fingerprint density at radius 1 is 1.03 bits per heavy atom. The van der Waals surface area contributed by atoms with Crippen molar-refractivity contribution in [3.63, 3.8) is 0 Å². The molecule has 174 valence electrons. The molecule has 4 nitrogen and oxygen atoms in total. The van der Waals surface area contributed by atoms with Crippen molar-refractivity contribution in [1.82, 2.24) is 0 Å². The summed E-state index contributed by atoms with van der Waals surface area (Å²) in [6, 6.07) is 22.3. The van der Waals surface area contributed by atoms with Crippen molar-refractivity contribution < 1.29 is 19.3 Å². The molecule has 2 N–H and O–H groups in total. The molecule has 2 atom stereocenters. The number of nitrogens with zero attached hydrogens (tertiary/aromatic N) is 1. The van der Waals surface area contributed by atoms with E-state index in [1.54, 1.807) is 6.07 Å². The van der Waals surface area contributed by atoms with Gasteiger partial charge in [-0.05, 0) is 35.9 Å². The topological polar surface area (TPSA) is 54.5 Å². The zero-order valence-electron chi connectivity index (χ0n) is 19.8. The molecular formula is C30H26FN2O2+. The number of carbonyl (C=O) groups excluding carboxylic acids is 1. The summed E-state index contributed by atoms with van der Waals surface area (Å²) in [5.74, 6) is -1.17. The van der Waals surface area contributed by atoms with Gasteiger partial charge in [0.2, 0.25) is 11.4 Å². The van der Waals surface area contributed by atoms with E-state index in [-0.39, 0.29) is 17.0 Å².